The summed E-state index contributed by atoms with van der Waals surface area (Å²) in [5, 5.41) is 0. The van der Waals surface area contributed by atoms with Crippen molar-refractivity contribution in [3.8, 4) is 0 Å². The van der Waals surface area contributed by atoms with E-state index < -0.39 is 29.0 Å². The third-order valence-corrected chi connectivity index (χ3v) is 1.78. The SMILES string of the molecule is COCCOC(=O)c1ccc(F)c(F)c1F. The fourth-order valence-corrected chi connectivity index (χ4v) is 0.979. The molecule has 0 atom stereocenters. The first-order chi connectivity index (χ1) is 7.57. The molecule has 0 aliphatic rings. The van der Waals surface area contributed by atoms with Crippen LogP contribution in [0.25, 0.3) is 0 Å². The summed E-state index contributed by atoms with van der Waals surface area (Å²) >= 11 is 0. The summed E-state index contributed by atoms with van der Waals surface area (Å²) in [6, 6.07) is 1.48. The van der Waals surface area contributed by atoms with Gasteiger partial charge in [-0.1, -0.05) is 0 Å². The van der Waals surface area contributed by atoms with E-state index in [2.05, 4.69) is 9.47 Å². The number of carbonyl (C=O) groups is 1. The van der Waals surface area contributed by atoms with Crippen molar-refractivity contribution >= 4 is 5.97 Å². The monoisotopic (exact) mass is 234 g/mol. The van der Waals surface area contributed by atoms with Gasteiger partial charge in [-0.15, -0.1) is 0 Å². The maximum Gasteiger partial charge on any atom is 0.341 e. The van der Waals surface area contributed by atoms with E-state index in [-0.39, 0.29) is 13.2 Å². The van der Waals surface area contributed by atoms with E-state index in [0.717, 1.165) is 6.07 Å². The van der Waals surface area contributed by atoms with E-state index in [1.807, 2.05) is 0 Å². The molecule has 0 aliphatic carbocycles. The highest BCUT2D eigenvalue weighted by molar-refractivity contribution is 5.89. The first-order valence-electron chi connectivity index (χ1n) is 4.37. The van der Waals surface area contributed by atoms with Crippen LogP contribution in [0.2, 0.25) is 0 Å². The quantitative estimate of drug-likeness (QED) is 0.453. The summed E-state index contributed by atoms with van der Waals surface area (Å²) in [4.78, 5) is 11.2. The predicted molar refractivity (Wildman–Crippen MR) is 48.5 cm³/mol. The van der Waals surface area contributed by atoms with Gasteiger partial charge in [0.1, 0.15) is 6.61 Å². The van der Waals surface area contributed by atoms with Crippen LogP contribution in [0.1, 0.15) is 10.4 Å². The Labute approximate surface area is 89.8 Å². The molecule has 0 radical (unpaired) electrons. The molecule has 0 unspecified atom stereocenters. The Hall–Kier alpha value is -1.56. The first-order valence-corrected chi connectivity index (χ1v) is 4.37. The smallest absolute Gasteiger partial charge is 0.341 e. The van der Waals surface area contributed by atoms with E-state index >= 15 is 0 Å². The molecular formula is C10H9F3O3. The number of halogens is 3. The first kappa shape index (κ1) is 12.5. The molecule has 3 nitrogen and oxygen atoms in total. The lowest BCUT2D eigenvalue weighted by Crippen LogP contribution is -2.12. The molecule has 0 bridgehead atoms. The molecule has 0 saturated carbocycles. The predicted octanol–water partition coefficient (Wildman–Crippen LogP) is 1.91. The molecule has 0 amide bonds. The van der Waals surface area contributed by atoms with Gasteiger partial charge >= 0.3 is 5.97 Å². The van der Waals surface area contributed by atoms with Crippen LogP contribution in [-0.4, -0.2) is 26.3 Å². The standard InChI is InChI=1S/C10H9F3O3/c1-15-4-5-16-10(14)6-2-3-7(11)9(13)8(6)12/h2-3H,4-5H2,1H3. The summed E-state index contributed by atoms with van der Waals surface area (Å²) in [7, 11) is 1.39. The van der Waals surface area contributed by atoms with Crippen LogP contribution in [0, 0.1) is 17.5 Å². The zero-order valence-corrected chi connectivity index (χ0v) is 8.43. The maximum absolute atomic E-state index is 13.1. The molecule has 0 spiro atoms. The van der Waals surface area contributed by atoms with Crippen LogP contribution < -0.4 is 0 Å². The zero-order chi connectivity index (χ0) is 12.1. The second-order valence-electron chi connectivity index (χ2n) is 2.85. The molecule has 1 aromatic carbocycles. The van der Waals surface area contributed by atoms with Crippen LogP contribution in [0.4, 0.5) is 13.2 Å². The van der Waals surface area contributed by atoms with Gasteiger partial charge in [0.2, 0.25) is 0 Å². The third-order valence-electron chi connectivity index (χ3n) is 1.78. The Bertz CT molecular complexity index is 393. The average molecular weight is 234 g/mol. The number of hydrogen-bond acceptors (Lipinski definition) is 3. The van der Waals surface area contributed by atoms with E-state index in [1.54, 1.807) is 0 Å². The Morgan fingerprint density at radius 2 is 1.88 bits per heavy atom. The van der Waals surface area contributed by atoms with E-state index in [0.29, 0.717) is 6.07 Å². The summed E-state index contributed by atoms with van der Waals surface area (Å²) in [5.41, 5.74) is -0.644. The molecule has 0 fully saturated rings. The number of methoxy groups -OCH3 is 1. The van der Waals surface area contributed by atoms with Gasteiger partial charge < -0.3 is 9.47 Å². The molecule has 1 aromatic rings. The van der Waals surface area contributed by atoms with Gasteiger partial charge in [-0.3, -0.25) is 0 Å². The van der Waals surface area contributed by atoms with Gasteiger partial charge in [-0.2, -0.15) is 0 Å². The van der Waals surface area contributed by atoms with Crippen LogP contribution in [0.3, 0.4) is 0 Å². The average Bonchev–Trinajstić information content (AvgIpc) is 2.26. The van der Waals surface area contributed by atoms with Crippen molar-refractivity contribution in [2.45, 2.75) is 0 Å². The van der Waals surface area contributed by atoms with Gasteiger partial charge in [-0.05, 0) is 12.1 Å². The molecule has 0 N–H and O–H groups in total. The Kier molecular flexibility index (Phi) is 4.30. The fraction of sp³-hybridized carbons (Fsp3) is 0.300. The summed E-state index contributed by atoms with van der Waals surface area (Å²) in [6.07, 6.45) is 0. The topological polar surface area (TPSA) is 35.5 Å². The summed E-state index contributed by atoms with van der Waals surface area (Å²) < 4.78 is 47.5. The van der Waals surface area contributed by atoms with Crippen LogP contribution in [0.15, 0.2) is 12.1 Å². The second-order valence-corrected chi connectivity index (χ2v) is 2.85. The zero-order valence-electron chi connectivity index (χ0n) is 8.43. The van der Waals surface area contributed by atoms with Crippen LogP contribution >= 0.6 is 0 Å². The minimum atomic E-state index is -1.69. The van der Waals surface area contributed by atoms with Gasteiger partial charge in [-0.25, -0.2) is 18.0 Å². The van der Waals surface area contributed by atoms with Crippen LogP contribution in [0.5, 0.6) is 0 Å². The Morgan fingerprint density at radius 1 is 1.19 bits per heavy atom. The molecular weight excluding hydrogens is 225 g/mol. The Morgan fingerprint density at radius 3 is 2.50 bits per heavy atom. The highest BCUT2D eigenvalue weighted by Crippen LogP contribution is 2.15. The molecule has 6 heteroatoms. The highest BCUT2D eigenvalue weighted by Gasteiger charge is 2.19. The number of ether oxygens (including phenoxy) is 2. The lowest BCUT2D eigenvalue weighted by molar-refractivity contribution is 0.0382. The maximum atomic E-state index is 13.1. The van der Waals surface area contributed by atoms with Gasteiger partial charge in [0.25, 0.3) is 0 Å². The normalized spacial score (nSPS) is 10.2. The molecule has 16 heavy (non-hydrogen) atoms. The lowest BCUT2D eigenvalue weighted by atomic mass is 10.2. The molecule has 0 heterocycles. The highest BCUT2D eigenvalue weighted by atomic mass is 19.2. The Balaban J connectivity index is 2.80. The summed E-state index contributed by atoms with van der Waals surface area (Å²) in [5.74, 6) is -5.66. The molecule has 0 aliphatic heterocycles. The molecule has 0 saturated heterocycles. The number of carbonyl (C=O) groups excluding carboxylic acids is 1. The van der Waals surface area contributed by atoms with Gasteiger partial charge in [0.15, 0.2) is 17.5 Å². The van der Waals surface area contributed by atoms with Crippen molar-refractivity contribution in [2.75, 3.05) is 20.3 Å². The number of benzene rings is 1. The fourth-order valence-electron chi connectivity index (χ4n) is 0.979. The van der Waals surface area contributed by atoms with Crippen molar-refractivity contribution in [3.63, 3.8) is 0 Å². The van der Waals surface area contributed by atoms with Crippen LogP contribution in [-0.2, 0) is 9.47 Å². The molecule has 0 aromatic heterocycles. The van der Waals surface area contributed by atoms with Crippen molar-refractivity contribution in [1.82, 2.24) is 0 Å². The second kappa shape index (κ2) is 5.50. The lowest BCUT2D eigenvalue weighted by Gasteiger charge is -2.05. The van der Waals surface area contributed by atoms with E-state index in [9.17, 15) is 18.0 Å². The van der Waals surface area contributed by atoms with Crippen molar-refractivity contribution < 1.29 is 27.4 Å². The van der Waals surface area contributed by atoms with Crippen molar-refractivity contribution in [1.29, 1.82) is 0 Å². The largest absolute Gasteiger partial charge is 0.460 e. The number of rotatable bonds is 4. The van der Waals surface area contributed by atoms with Gasteiger partial charge in [0, 0.05) is 7.11 Å². The number of hydrogen-bond donors (Lipinski definition) is 0. The van der Waals surface area contributed by atoms with Crippen molar-refractivity contribution in [2.24, 2.45) is 0 Å². The number of esters is 1. The van der Waals surface area contributed by atoms with Crippen molar-refractivity contribution in [3.05, 3.63) is 35.1 Å². The minimum Gasteiger partial charge on any atom is -0.460 e. The third kappa shape index (κ3) is 2.73. The summed E-state index contributed by atoms with van der Waals surface area (Å²) in [6.45, 7) is 0.0464. The minimum absolute atomic E-state index is 0.0895. The van der Waals surface area contributed by atoms with E-state index in [1.165, 1.54) is 7.11 Å². The molecule has 88 valence electrons. The van der Waals surface area contributed by atoms with Gasteiger partial charge in [0.05, 0.1) is 12.2 Å². The van der Waals surface area contributed by atoms with E-state index in [4.69, 9.17) is 0 Å². The molecule has 1 rings (SSSR count).